The second-order valence-corrected chi connectivity index (χ2v) is 6.68. The van der Waals surface area contributed by atoms with E-state index in [4.69, 9.17) is 9.94 Å². The molecule has 0 bridgehead atoms. The van der Waals surface area contributed by atoms with Crippen LogP contribution in [0, 0.1) is 0 Å². The summed E-state index contributed by atoms with van der Waals surface area (Å²) in [5.74, 6) is -0.406. The van der Waals surface area contributed by atoms with Crippen molar-refractivity contribution in [1.29, 1.82) is 0 Å². The van der Waals surface area contributed by atoms with Gasteiger partial charge in [0, 0.05) is 5.56 Å². The molecule has 0 amide bonds. The third-order valence-electron chi connectivity index (χ3n) is 3.32. The van der Waals surface area contributed by atoms with Gasteiger partial charge >= 0.3 is 5.97 Å². The predicted molar refractivity (Wildman–Crippen MR) is 92.0 cm³/mol. The highest BCUT2D eigenvalue weighted by molar-refractivity contribution is 5.97. The molecule has 0 fully saturated rings. The van der Waals surface area contributed by atoms with Gasteiger partial charge in [-0.2, -0.15) is 5.48 Å². The van der Waals surface area contributed by atoms with Gasteiger partial charge in [0.05, 0.1) is 6.54 Å². The van der Waals surface area contributed by atoms with E-state index in [1.165, 1.54) is 0 Å². The highest BCUT2D eigenvalue weighted by atomic mass is 16.6. The lowest BCUT2D eigenvalue weighted by atomic mass is 10.1. The zero-order chi connectivity index (χ0) is 18.0. The normalized spacial score (nSPS) is 12.7. The van der Waals surface area contributed by atoms with Gasteiger partial charge in [-0.15, -0.1) is 0 Å². The van der Waals surface area contributed by atoms with Crippen molar-refractivity contribution >= 4 is 11.8 Å². The molecule has 6 nitrogen and oxygen atoms in total. The highest BCUT2D eigenvalue weighted by Gasteiger charge is 2.24. The Bertz CT molecular complexity index is 512. The Morgan fingerprint density at radius 2 is 1.83 bits per heavy atom. The van der Waals surface area contributed by atoms with E-state index in [0.29, 0.717) is 18.5 Å². The number of rotatable bonds is 10. The maximum Gasteiger partial charge on any atom is 0.325 e. The van der Waals surface area contributed by atoms with Crippen LogP contribution in [0.3, 0.4) is 0 Å². The molecule has 3 N–H and O–H groups in total. The van der Waals surface area contributed by atoms with Crippen molar-refractivity contribution < 1.29 is 19.5 Å². The SMILES string of the molecule is CC(C)(C)OC(=O)[C@H](CCCCNCC(=O)c1ccccc1)NO. The van der Waals surface area contributed by atoms with Crippen LogP contribution in [0.2, 0.25) is 0 Å². The van der Waals surface area contributed by atoms with E-state index in [1.54, 1.807) is 32.9 Å². The van der Waals surface area contributed by atoms with Gasteiger partial charge in [0.1, 0.15) is 11.6 Å². The molecule has 24 heavy (non-hydrogen) atoms. The van der Waals surface area contributed by atoms with Gasteiger partial charge in [-0.05, 0) is 46.6 Å². The average Bonchev–Trinajstić information content (AvgIpc) is 2.53. The van der Waals surface area contributed by atoms with E-state index >= 15 is 0 Å². The van der Waals surface area contributed by atoms with Crippen molar-refractivity contribution in [3.8, 4) is 0 Å². The molecule has 0 unspecified atom stereocenters. The van der Waals surface area contributed by atoms with Gasteiger partial charge in [-0.3, -0.25) is 9.59 Å². The molecule has 0 aliphatic heterocycles. The van der Waals surface area contributed by atoms with Gasteiger partial charge in [0.15, 0.2) is 5.78 Å². The summed E-state index contributed by atoms with van der Waals surface area (Å²) in [5, 5.41) is 12.2. The second kappa shape index (κ2) is 10.2. The van der Waals surface area contributed by atoms with E-state index in [0.717, 1.165) is 12.8 Å². The van der Waals surface area contributed by atoms with Crippen molar-refractivity contribution in [2.75, 3.05) is 13.1 Å². The van der Waals surface area contributed by atoms with Crippen molar-refractivity contribution in [3.63, 3.8) is 0 Å². The standard InChI is InChI=1S/C18H28N2O4/c1-18(2,3)24-17(22)15(20-23)11-7-8-12-19-13-16(21)14-9-5-4-6-10-14/h4-6,9-10,15,19-20,23H,7-8,11-13H2,1-3H3/t15-/m0/s1. The third kappa shape index (κ3) is 8.19. The number of carbonyl (C=O) groups excluding carboxylic acids is 2. The molecule has 1 rings (SSSR count). The second-order valence-electron chi connectivity index (χ2n) is 6.68. The summed E-state index contributed by atoms with van der Waals surface area (Å²) < 4.78 is 5.23. The molecule has 0 saturated carbocycles. The minimum absolute atomic E-state index is 0.0549. The van der Waals surface area contributed by atoms with Crippen molar-refractivity contribution in [2.24, 2.45) is 0 Å². The zero-order valence-electron chi connectivity index (χ0n) is 14.7. The summed E-state index contributed by atoms with van der Waals surface area (Å²) >= 11 is 0. The minimum atomic E-state index is -0.727. The Balaban J connectivity index is 2.18. The van der Waals surface area contributed by atoms with Gasteiger partial charge < -0.3 is 15.3 Å². The monoisotopic (exact) mass is 336 g/mol. The Morgan fingerprint density at radius 3 is 2.42 bits per heavy atom. The average molecular weight is 336 g/mol. The molecule has 1 atom stereocenters. The van der Waals surface area contributed by atoms with Crippen LogP contribution in [-0.4, -0.2) is 41.7 Å². The van der Waals surface area contributed by atoms with Crippen LogP contribution in [-0.2, 0) is 9.53 Å². The van der Waals surface area contributed by atoms with E-state index in [-0.39, 0.29) is 12.3 Å². The first-order valence-electron chi connectivity index (χ1n) is 8.25. The number of hydrogen-bond acceptors (Lipinski definition) is 6. The molecule has 0 heterocycles. The Morgan fingerprint density at radius 1 is 1.17 bits per heavy atom. The number of unbranched alkanes of at least 4 members (excludes halogenated alkanes) is 1. The number of benzene rings is 1. The summed E-state index contributed by atoms with van der Waals surface area (Å²) in [7, 11) is 0. The summed E-state index contributed by atoms with van der Waals surface area (Å²) in [5.41, 5.74) is 2.12. The van der Waals surface area contributed by atoms with E-state index in [9.17, 15) is 9.59 Å². The molecule has 0 aromatic heterocycles. The molecular formula is C18H28N2O4. The number of esters is 1. The summed E-state index contributed by atoms with van der Waals surface area (Å²) in [4.78, 5) is 23.7. The molecule has 6 heteroatoms. The quantitative estimate of drug-likeness (QED) is 0.263. The fourth-order valence-electron chi connectivity index (χ4n) is 2.13. The van der Waals surface area contributed by atoms with Crippen LogP contribution < -0.4 is 10.8 Å². The first-order chi connectivity index (χ1) is 11.3. The maximum atomic E-state index is 11.9. The minimum Gasteiger partial charge on any atom is -0.459 e. The topological polar surface area (TPSA) is 87.7 Å². The van der Waals surface area contributed by atoms with Crippen molar-refractivity contribution in [2.45, 2.75) is 51.7 Å². The largest absolute Gasteiger partial charge is 0.459 e. The number of ether oxygens (including phenoxy) is 1. The van der Waals surface area contributed by atoms with Crippen molar-refractivity contribution in [3.05, 3.63) is 35.9 Å². The first kappa shape index (κ1) is 20.3. The molecule has 1 aromatic rings. The van der Waals surface area contributed by atoms with Gasteiger partial charge in [0.2, 0.25) is 0 Å². The molecule has 1 aromatic carbocycles. The van der Waals surface area contributed by atoms with Gasteiger partial charge in [0.25, 0.3) is 0 Å². The molecule has 0 radical (unpaired) electrons. The summed E-state index contributed by atoms with van der Waals surface area (Å²) in [6.45, 7) is 6.32. The number of Topliss-reactive ketones (excluding diaryl/α,β-unsaturated/α-hetero) is 1. The Kier molecular flexibility index (Phi) is 8.60. The molecule has 134 valence electrons. The van der Waals surface area contributed by atoms with Crippen LogP contribution >= 0.6 is 0 Å². The summed E-state index contributed by atoms with van der Waals surface area (Å²) in [6.07, 6.45) is 1.99. The molecule has 0 aliphatic rings. The highest BCUT2D eigenvalue weighted by Crippen LogP contribution is 2.11. The number of nitrogens with one attached hydrogen (secondary N) is 2. The Labute approximate surface area is 143 Å². The van der Waals surface area contributed by atoms with E-state index < -0.39 is 17.6 Å². The number of ketones is 1. The predicted octanol–water partition coefficient (Wildman–Crippen LogP) is 2.32. The maximum absolute atomic E-state index is 11.9. The summed E-state index contributed by atoms with van der Waals surface area (Å²) in [6, 6.07) is 8.42. The number of hydroxylamine groups is 1. The van der Waals surface area contributed by atoms with Crippen LogP contribution in [0.5, 0.6) is 0 Å². The first-order valence-corrected chi connectivity index (χ1v) is 8.25. The molecular weight excluding hydrogens is 308 g/mol. The zero-order valence-corrected chi connectivity index (χ0v) is 14.7. The lowest BCUT2D eigenvalue weighted by Gasteiger charge is -2.23. The molecule has 0 aliphatic carbocycles. The van der Waals surface area contributed by atoms with Gasteiger partial charge in [-0.25, -0.2) is 0 Å². The Hall–Kier alpha value is -1.76. The lowest BCUT2D eigenvalue weighted by molar-refractivity contribution is -0.160. The number of carbonyl (C=O) groups is 2. The molecule has 0 spiro atoms. The number of hydrogen-bond donors (Lipinski definition) is 3. The fourth-order valence-corrected chi connectivity index (χ4v) is 2.13. The van der Waals surface area contributed by atoms with E-state index in [1.807, 2.05) is 23.7 Å². The van der Waals surface area contributed by atoms with Crippen LogP contribution in [0.15, 0.2) is 30.3 Å². The smallest absolute Gasteiger partial charge is 0.325 e. The fraction of sp³-hybridized carbons (Fsp3) is 0.556. The van der Waals surface area contributed by atoms with Crippen LogP contribution in [0.4, 0.5) is 0 Å². The van der Waals surface area contributed by atoms with Gasteiger partial charge in [-0.1, -0.05) is 30.3 Å². The van der Waals surface area contributed by atoms with E-state index in [2.05, 4.69) is 5.32 Å². The van der Waals surface area contributed by atoms with Crippen LogP contribution in [0.25, 0.3) is 0 Å². The molecule has 0 saturated heterocycles. The van der Waals surface area contributed by atoms with Crippen LogP contribution in [0.1, 0.15) is 50.4 Å². The van der Waals surface area contributed by atoms with Crippen molar-refractivity contribution in [1.82, 2.24) is 10.8 Å². The lowest BCUT2D eigenvalue weighted by Crippen LogP contribution is -2.39. The third-order valence-corrected chi connectivity index (χ3v) is 3.32.